The highest BCUT2D eigenvalue weighted by atomic mass is 32.1. The van der Waals surface area contributed by atoms with Gasteiger partial charge in [0.15, 0.2) is 0 Å². The second-order valence-electron chi connectivity index (χ2n) is 3.71. The van der Waals surface area contributed by atoms with E-state index in [1.165, 1.54) is 0 Å². The maximum atomic E-state index is 11.7. The second-order valence-corrected chi connectivity index (χ2v) is 4.77. The summed E-state index contributed by atoms with van der Waals surface area (Å²) in [5.41, 5.74) is 7.77. The van der Waals surface area contributed by atoms with Crippen molar-refractivity contribution >= 4 is 28.6 Å². The number of carbonyl (C=O) groups excluding carboxylic acids is 1. The Hall–Kier alpha value is -1.88. The van der Waals surface area contributed by atoms with Crippen molar-refractivity contribution < 1.29 is 4.79 Å². The lowest BCUT2D eigenvalue weighted by Crippen LogP contribution is -2.14. The highest BCUT2D eigenvalue weighted by molar-refractivity contribution is 7.09. The number of rotatable bonds is 3. The molecule has 0 fully saturated rings. The van der Waals surface area contributed by atoms with Crippen LogP contribution >= 0.6 is 11.3 Å². The first kappa shape index (κ1) is 11.6. The van der Waals surface area contributed by atoms with E-state index in [2.05, 4.69) is 10.3 Å². The number of anilines is 2. The van der Waals surface area contributed by atoms with E-state index in [4.69, 9.17) is 5.73 Å². The number of amides is 1. The molecule has 1 aromatic carbocycles. The van der Waals surface area contributed by atoms with Gasteiger partial charge in [0, 0.05) is 16.8 Å². The van der Waals surface area contributed by atoms with Gasteiger partial charge in [0.05, 0.1) is 17.1 Å². The van der Waals surface area contributed by atoms with Gasteiger partial charge >= 0.3 is 0 Å². The highest BCUT2D eigenvalue weighted by Gasteiger charge is 2.06. The van der Waals surface area contributed by atoms with Crippen molar-refractivity contribution in [2.75, 3.05) is 11.1 Å². The van der Waals surface area contributed by atoms with Gasteiger partial charge in [-0.25, -0.2) is 4.98 Å². The van der Waals surface area contributed by atoms with Crippen molar-refractivity contribution in [2.24, 2.45) is 0 Å². The first-order chi connectivity index (χ1) is 8.13. The van der Waals surface area contributed by atoms with Crippen molar-refractivity contribution in [1.29, 1.82) is 0 Å². The topological polar surface area (TPSA) is 68.0 Å². The summed E-state index contributed by atoms with van der Waals surface area (Å²) in [5.74, 6) is -0.0825. The van der Waals surface area contributed by atoms with Gasteiger partial charge < -0.3 is 11.1 Å². The summed E-state index contributed by atoms with van der Waals surface area (Å²) in [6.45, 7) is 1.92. The largest absolute Gasteiger partial charge is 0.399 e. The highest BCUT2D eigenvalue weighted by Crippen LogP contribution is 2.13. The van der Waals surface area contributed by atoms with Crippen LogP contribution in [0.1, 0.15) is 10.7 Å². The molecule has 0 saturated heterocycles. The Morgan fingerprint density at radius 1 is 1.53 bits per heavy atom. The van der Waals surface area contributed by atoms with Crippen LogP contribution in [0.5, 0.6) is 0 Å². The summed E-state index contributed by atoms with van der Waals surface area (Å²) in [5, 5.41) is 5.65. The van der Waals surface area contributed by atoms with Crippen LogP contribution in [0.25, 0.3) is 0 Å². The Kier molecular flexibility index (Phi) is 3.39. The summed E-state index contributed by atoms with van der Waals surface area (Å²) >= 11 is 1.54. The SMILES string of the molecule is Cc1nc(CC(=O)Nc2cccc(N)c2)cs1. The van der Waals surface area contributed by atoms with E-state index in [9.17, 15) is 4.79 Å². The molecule has 0 aliphatic carbocycles. The average Bonchev–Trinajstić information content (AvgIpc) is 2.63. The summed E-state index contributed by atoms with van der Waals surface area (Å²) < 4.78 is 0. The Balaban J connectivity index is 1.98. The van der Waals surface area contributed by atoms with Gasteiger partial charge in [0.1, 0.15) is 0 Å². The molecule has 0 unspecified atom stereocenters. The van der Waals surface area contributed by atoms with E-state index >= 15 is 0 Å². The molecule has 5 heteroatoms. The number of hydrogen-bond donors (Lipinski definition) is 2. The van der Waals surface area contributed by atoms with Gasteiger partial charge in [-0.1, -0.05) is 6.07 Å². The molecule has 1 aromatic heterocycles. The number of benzene rings is 1. The molecule has 3 N–H and O–H groups in total. The first-order valence-electron chi connectivity index (χ1n) is 5.20. The molecule has 2 rings (SSSR count). The van der Waals surface area contributed by atoms with Crippen molar-refractivity contribution in [3.8, 4) is 0 Å². The summed E-state index contributed by atoms with van der Waals surface area (Å²) in [6.07, 6.45) is 0.291. The molecule has 0 aliphatic rings. The van der Waals surface area contributed by atoms with Crippen LogP contribution in [0.3, 0.4) is 0 Å². The number of nitrogens with zero attached hydrogens (tertiary/aromatic N) is 1. The molecule has 88 valence electrons. The molecule has 1 amide bonds. The number of thiazole rings is 1. The number of nitrogens with two attached hydrogens (primary N) is 1. The molecule has 0 spiro atoms. The lowest BCUT2D eigenvalue weighted by atomic mass is 10.2. The van der Waals surface area contributed by atoms with Crippen LogP contribution in [0.15, 0.2) is 29.6 Å². The molecular formula is C12H13N3OS. The van der Waals surface area contributed by atoms with E-state index in [-0.39, 0.29) is 5.91 Å². The quantitative estimate of drug-likeness (QED) is 0.817. The molecule has 4 nitrogen and oxygen atoms in total. The van der Waals surface area contributed by atoms with Crippen LogP contribution < -0.4 is 11.1 Å². The molecular weight excluding hydrogens is 234 g/mol. The summed E-state index contributed by atoms with van der Waals surface area (Å²) in [4.78, 5) is 16.0. The number of nitrogens with one attached hydrogen (secondary N) is 1. The van der Waals surface area contributed by atoms with Crippen molar-refractivity contribution in [1.82, 2.24) is 4.98 Å². The third-order valence-electron chi connectivity index (χ3n) is 2.18. The fourth-order valence-electron chi connectivity index (χ4n) is 1.48. The minimum atomic E-state index is -0.0825. The fraction of sp³-hybridized carbons (Fsp3) is 0.167. The molecule has 17 heavy (non-hydrogen) atoms. The van der Waals surface area contributed by atoms with Gasteiger partial charge in [-0.05, 0) is 25.1 Å². The Labute approximate surface area is 103 Å². The van der Waals surface area contributed by atoms with E-state index in [1.807, 2.05) is 12.3 Å². The molecule has 0 aliphatic heterocycles. The van der Waals surface area contributed by atoms with Crippen molar-refractivity contribution in [3.05, 3.63) is 40.3 Å². The molecule has 0 bridgehead atoms. The Bertz CT molecular complexity index is 536. The molecule has 2 aromatic rings. The third kappa shape index (κ3) is 3.29. The summed E-state index contributed by atoms with van der Waals surface area (Å²) in [7, 11) is 0. The Morgan fingerprint density at radius 3 is 3.00 bits per heavy atom. The van der Waals surface area contributed by atoms with Crippen LogP contribution in [-0.4, -0.2) is 10.9 Å². The third-order valence-corrected chi connectivity index (χ3v) is 3.00. The van der Waals surface area contributed by atoms with Crippen LogP contribution in [0.4, 0.5) is 11.4 Å². The zero-order chi connectivity index (χ0) is 12.3. The van der Waals surface area contributed by atoms with Gasteiger partial charge in [-0.15, -0.1) is 11.3 Å². The smallest absolute Gasteiger partial charge is 0.230 e. The predicted octanol–water partition coefficient (Wildman–Crippen LogP) is 2.21. The predicted molar refractivity (Wildman–Crippen MR) is 70.0 cm³/mol. The second kappa shape index (κ2) is 4.97. The number of aromatic nitrogens is 1. The molecule has 0 radical (unpaired) electrons. The minimum Gasteiger partial charge on any atom is -0.399 e. The maximum Gasteiger partial charge on any atom is 0.230 e. The normalized spacial score (nSPS) is 10.2. The van der Waals surface area contributed by atoms with Gasteiger partial charge in [0.2, 0.25) is 5.91 Å². The minimum absolute atomic E-state index is 0.0825. The van der Waals surface area contributed by atoms with Gasteiger partial charge in [-0.2, -0.15) is 0 Å². The van der Waals surface area contributed by atoms with E-state index in [0.717, 1.165) is 10.7 Å². The molecule has 0 saturated carbocycles. The maximum absolute atomic E-state index is 11.7. The number of aryl methyl sites for hydroxylation is 1. The molecule has 1 heterocycles. The zero-order valence-corrected chi connectivity index (χ0v) is 10.3. The number of nitrogen functional groups attached to an aromatic ring is 1. The lowest BCUT2D eigenvalue weighted by molar-refractivity contribution is -0.115. The van der Waals surface area contributed by atoms with Gasteiger partial charge in [0.25, 0.3) is 0 Å². The average molecular weight is 247 g/mol. The van der Waals surface area contributed by atoms with Crippen molar-refractivity contribution in [3.63, 3.8) is 0 Å². The van der Waals surface area contributed by atoms with Crippen LogP contribution in [-0.2, 0) is 11.2 Å². The zero-order valence-electron chi connectivity index (χ0n) is 9.43. The number of carbonyl (C=O) groups is 1. The van der Waals surface area contributed by atoms with E-state index in [0.29, 0.717) is 17.8 Å². The summed E-state index contributed by atoms with van der Waals surface area (Å²) in [6, 6.07) is 7.11. The standard InChI is InChI=1S/C12H13N3OS/c1-8-14-11(7-17-8)6-12(16)15-10-4-2-3-9(13)5-10/h2-5,7H,6,13H2,1H3,(H,15,16). The van der Waals surface area contributed by atoms with E-state index in [1.54, 1.807) is 35.6 Å². The first-order valence-corrected chi connectivity index (χ1v) is 6.08. The molecule has 0 atom stereocenters. The fourth-order valence-corrected chi connectivity index (χ4v) is 2.09. The van der Waals surface area contributed by atoms with E-state index < -0.39 is 0 Å². The van der Waals surface area contributed by atoms with Crippen LogP contribution in [0.2, 0.25) is 0 Å². The van der Waals surface area contributed by atoms with Crippen molar-refractivity contribution in [2.45, 2.75) is 13.3 Å². The number of hydrogen-bond acceptors (Lipinski definition) is 4. The van der Waals surface area contributed by atoms with Crippen LogP contribution in [0, 0.1) is 6.92 Å². The van der Waals surface area contributed by atoms with Gasteiger partial charge in [-0.3, -0.25) is 4.79 Å². The monoisotopic (exact) mass is 247 g/mol. The Morgan fingerprint density at radius 2 is 2.35 bits per heavy atom. The lowest BCUT2D eigenvalue weighted by Gasteiger charge is -2.04.